The maximum Gasteiger partial charge on any atom is 0.418 e. The molecule has 0 saturated carbocycles. The minimum Gasteiger partial charge on any atom is -0.324 e. The van der Waals surface area contributed by atoms with Crippen molar-refractivity contribution in [2.45, 2.75) is 24.0 Å². The summed E-state index contributed by atoms with van der Waals surface area (Å²) < 4.78 is 66.4. The summed E-state index contributed by atoms with van der Waals surface area (Å²) in [7, 11) is -3.78. The summed E-state index contributed by atoms with van der Waals surface area (Å²) in [5, 5.41) is 2.46. The summed E-state index contributed by atoms with van der Waals surface area (Å²) in [4.78, 5) is 14.3. The topological polar surface area (TPSA) is 69.7 Å². The SMILES string of the molecule is C[C@@H](C(=O)Nc1ccccc1C(F)(F)F)N1CCN(S(=O)(=O)c2ccccc2Cl)CC1. The van der Waals surface area contributed by atoms with E-state index >= 15 is 0 Å². The highest BCUT2D eigenvalue weighted by molar-refractivity contribution is 7.89. The van der Waals surface area contributed by atoms with Crippen molar-refractivity contribution in [2.24, 2.45) is 0 Å². The lowest BCUT2D eigenvalue weighted by Crippen LogP contribution is -2.54. The Morgan fingerprint density at radius 1 is 1.03 bits per heavy atom. The normalized spacial score (nSPS) is 17.3. The average Bonchev–Trinajstić information content (AvgIpc) is 2.73. The molecule has 1 aliphatic rings. The lowest BCUT2D eigenvalue weighted by molar-refractivity contribution is -0.137. The first-order valence-corrected chi connectivity index (χ1v) is 11.3. The molecule has 0 bridgehead atoms. The van der Waals surface area contributed by atoms with Crippen molar-refractivity contribution in [2.75, 3.05) is 31.5 Å². The zero-order chi connectivity index (χ0) is 22.8. The third-order valence-corrected chi connectivity index (χ3v) is 7.54. The van der Waals surface area contributed by atoms with Gasteiger partial charge in [-0.05, 0) is 31.2 Å². The monoisotopic (exact) mass is 475 g/mol. The molecule has 11 heteroatoms. The lowest BCUT2D eigenvalue weighted by Gasteiger charge is -2.36. The Morgan fingerprint density at radius 2 is 1.61 bits per heavy atom. The summed E-state index contributed by atoms with van der Waals surface area (Å²) in [5.74, 6) is -0.598. The molecule has 0 unspecified atom stereocenters. The Balaban J connectivity index is 1.65. The van der Waals surface area contributed by atoms with Gasteiger partial charge in [0.1, 0.15) is 4.90 Å². The molecule has 6 nitrogen and oxygen atoms in total. The number of hydrogen-bond acceptors (Lipinski definition) is 4. The maximum absolute atomic E-state index is 13.1. The average molecular weight is 476 g/mol. The Bertz CT molecular complexity index is 1050. The Morgan fingerprint density at radius 3 is 2.23 bits per heavy atom. The van der Waals surface area contributed by atoms with E-state index in [2.05, 4.69) is 5.32 Å². The number of benzene rings is 2. The van der Waals surface area contributed by atoms with E-state index in [1.807, 2.05) is 0 Å². The third-order valence-electron chi connectivity index (χ3n) is 5.15. The third kappa shape index (κ3) is 5.20. The second-order valence-electron chi connectivity index (χ2n) is 7.08. The van der Waals surface area contributed by atoms with Crippen LogP contribution < -0.4 is 5.32 Å². The molecule has 1 amide bonds. The number of halogens is 4. The molecule has 0 aliphatic carbocycles. The first-order chi connectivity index (χ1) is 14.5. The number of rotatable bonds is 5. The van der Waals surface area contributed by atoms with Crippen LogP contribution in [0.5, 0.6) is 0 Å². The van der Waals surface area contributed by atoms with Gasteiger partial charge in [0.15, 0.2) is 0 Å². The van der Waals surface area contributed by atoms with Crippen LogP contribution in [-0.2, 0) is 21.0 Å². The highest BCUT2D eigenvalue weighted by atomic mass is 35.5. The zero-order valence-electron chi connectivity index (χ0n) is 16.6. The zero-order valence-corrected chi connectivity index (χ0v) is 18.1. The van der Waals surface area contributed by atoms with Crippen LogP contribution in [0.2, 0.25) is 5.02 Å². The van der Waals surface area contributed by atoms with E-state index < -0.39 is 33.7 Å². The fourth-order valence-corrected chi connectivity index (χ4v) is 5.28. The van der Waals surface area contributed by atoms with Crippen LogP contribution in [0.3, 0.4) is 0 Å². The van der Waals surface area contributed by atoms with Crippen molar-refractivity contribution < 1.29 is 26.4 Å². The van der Waals surface area contributed by atoms with Gasteiger partial charge in [-0.2, -0.15) is 17.5 Å². The Hall–Kier alpha value is -2.14. The number of carbonyl (C=O) groups excluding carboxylic acids is 1. The molecular weight excluding hydrogens is 455 g/mol. The number of nitrogens with zero attached hydrogens (tertiary/aromatic N) is 2. The van der Waals surface area contributed by atoms with Gasteiger partial charge >= 0.3 is 6.18 Å². The second kappa shape index (κ2) is 9.15. The number of piperazine rings is 1. The van der Waals surface area contributed by atoms with Crippen molar-refractivity contribution >= 4 is 33.2 Å². The quantitative estimate of drug-likeness (QED) is 0.716. The van der Waals surface area contributed by atoms with E-state index in [1.54, 1.807) is 24.0 Å². The molecule has 1 N–H and O–H groups in total. The summed E-state index contributed by atoms with van der Waals surface area (Å²) in [6, 6.07) is 10.2. The van der Waals surface area contributed by atoms with Crippen LogP contribution in [-0.4, -0.2) is 55.8 Å². The molecule has 1 fully saturated rings. The van der Waals surface area contributed by atoms with Crippen LogP contribution in [0.1, 0.15) is 12.5 Å². The first kappa shape index (κ1) is 23.5. The van der Waals surface area contributed by atoms with Crippen molar-refractivity contribution in [1.82, 2.24) is 9.21 Å². The molecule has 2 aromatic rings. The molecule has 31 heavy (non-hydrogen) atoms. The highest BCUT2D eigenvalue weighted by Gasteiger charge is 2.35. The minimum atomic E-state index is -4.59. The lowest BCUT2D eigenvalue weighted by atomic mass is 10.1. The Labute approximate surface area is 183 Å². The number of sulfonamides is 1. The van der Waals surface area contributed by atoms with Crippen molar-refractivity contribution in [3.05, 3.63) is 59.1 Å². The van der Waals surface area contributed by atoms with Gasteiger partial charge in [-0.3, -0.25) is 9.69 Å². The number of anilines is 1. The van der Waals surface area contributed by atoms with Gasteiger partial charge in [-0.1, -0.05) is 35.9 Å². The fraction of sp³-hybridized carbons (Fsp3) is 0.350. The van der Waals surface area contributed by atoms with Crippen molar-refractivity contribution in [3.8, 4) is 0 Å². The van der Waals surface area contributed by atoms with E-state index in [1.165, 1.54) is 34.6 Å². The predicted octanol–water partition coefficient (Wildman–Crippen LogP) is 3.69. The maximum atomic E-state index is 13.1. The number of para-hydroxylation sites is 1. The van der Waals surface area contributed by atoms with E-state index in [9.17, 15) is 26.4 Å². The number of nitrogens with one attached hydrogen (secondary N) is 1. The van der Waals surface area contributed by atoms with E-state index in [0.717, 1.165) is 6.07 Å². The molecular formula is C20H21ClF3N3O3S. The summed E-state index contributed by atoms with van der Waals surface area (Å²) in [6.07, 6.45) is -4.59. The van der Waals surface area contributed by atoms with Gasteiger partial charge in [0, 0.05) is 26.2 Å². The summed E-state index contributed by atoms with van der Waals surface area (Å²) in [5.41, 5.74) is -1.24. The predicted molar refractivity (Wildman–Crippen MR) is 111 cm³/mol. The summed E-state index contributed by atoms with van der Waals surface area (Å²) in [6.45, 7) is 2.33. The number of carbonyl (C=O) groups is 1. The van der Waals surface area contributed by atoms with Crippen molar-refractivity contribution in [1.29, 1.82) is 0 Å². The van der Waals surface area contributed by atoms with Crippen molar-refractivity contribution in [3.63, 3.8) is 0 Å². The second-order valence-corrected chi connectivity index (χ2v) is 9.39. The standard InChI is InChI=1S/C20H21ClF3N3O3S/c1-14(19(28)25-17-8-4-2-6-15(17)20(22,23)24)26-10-12-27(13-11-26)31(29,30)18-9-5-3-7-16(18)21/h2-9,14H,10-13H2,1H3,(H,25,28)/t14-/m0/s1. The van der Waals surface area contributed by atoms with Gasteiger partial charge < -0.3 is 5.32 Å². The van der Waals surface area contributed by atoms with Crippen LogP contribution in [0.25, 0.3) is 0 Å². The molecule has 0 aromatic heterocycles. The molecule has 1 aliphatic heterocycles. The molecule has 0 radical (unpaired) electrons. The molecule has 3 rings (SSSR count). The van der Waals surface area contributed by atoms with Crippen LogP contribution >= 0.6 is 11.6 Å². The molecule has 168 valence electrons. The van der Waals surface area contributed by atoms with E-state index in [4.69, 9.17) is 11.6 Å². The van der Waals surface area contributed by atoms with Gasteiger partial charge in [0.05, 0.1) is 22.3 Å². The highest BCUT2D eigenvalue weighted by Crippen LogP contribution is 2.34. The minimum absolute atomic E-state index is 0.0136. The van der Waals surface area contributed by atoms with Gasteiger partial charge in [-0.15, -0.1) is 0 Å². The van der Waals surface area contributed by atoms with Crippen LogP contribution in [0.15, 0.2) is 53.4 Å². The largest absolute Gasteiger partial charge is 0.418 e. The van der Waals surface area contributed by atoms with E-state index in [-0.39, 0.29) is 41.8 Å². The fourth-order valence-electron chi connectivity index (χ4n) is 3.37. The summed E-state index contributed by atoms with van der Waals surface area (Å²) >= 11 is 6.02. The molecule has 1 heterocycles. The Kier molecular flexibility index (Phi) is 6.95. The first-order valence-electron chi connectivity index (χ1n) is 9.47. The smallest absolute Gasteiger partial charge is 0.324 e. The van der Waals surface area contributed by atoms with Gasteiger partial charge in [-0.25, -0.2) is 8.42 Å². The molecule has 1 saturated heterocycles. The number of alkyl halides is 3. The number of amides is 1. The van der Waals surface area contributed by atoms with Crippen LogP contribution in [0.4, 0.5) is 18.9 Å². The number of hydrogen-bond donors (Lipinski definition) is 1. The molecule has 0 spiro atoms. The van der Waals surface area contributed by atoms with Crippen LogP contribution in [0, 0.1) is 0 Å². The van der Waals surface area contributed by atoms with Gasteiger partial charge in [0.2, 0.25) is 15.9 Å². The molecule has 2 aromatic carbocycles. The van der Waals surface area contributed by atoms with Gasteiger partial charge in [0.25, 0.3) is 0 Å². The van der Waals surface area contributed by atoms with E-state index in [0.29, 0.717) is 0 Å². The molecule has 1 atom stereocenters.